The molecule has 0 aliphatic heterocycles. The van der Waals surface area contributed by atoms with E-state index in [2.05, 4.69) is 20.8 Å². The Morgan fingerprint density at radius 3 is 2.54 bits per heavy atom. The van der Waals surface area contributed by atoms with Gasteiger partial charge in [0.05, 0.1) is 0 Å². The molecule has 0 bridgehead atoms. The highest BCUT2D eigenvalue weighted by Gasteiger charge is 2.60. The summed E-state index contributed by atoms with van der Waals surface area (Å²) in [7, 11) is 0. The van der Waals surface area contributed by atoms with E-state index in [9.17, 15) is 0 Å². The predicted octanol–water partition coefficient (Wildman–Crippen LogP) is 3.57. The Bertz CT molecular complexity index is 218. The Hall–Kier alpha value is 0. The van der Waals surface area contributed by atoms with Gasteiger partial charge in [-0.15, -0.1) is 0 Å². The van der Waals surface area contributed by atoms with Crippen molar-refractivity contribution < 1.29 is 0 Å². The molecule has 0 spiro atoms. The number of rotatable bonds is 1. The zero-order valence-electron chi connectivity index (χ0n) is 9.16. The average molecular weight is 178 g/mol. The first-order valence-corrected chi connectivity index (χ1v) is 6.20. The van der Waals surface area contributed by atoms with Crippen LogP contribution in [0.5, 0.6) is 0 Å². The highest BCUT2D eigenvalue weighted by Crippen LogP contribution is 2.66. The van der Waals surface area contributed by atoms with Crippen LogP contribution in [0.4, 0.5) is 0 Å². The average Bonchev–Trinajstić information content (AvgIpc) is 2.86. The Morgan fingerprint density at radius 1 is 1.08 bits per heavy atom. The normalized spacial score (nSPS) is 58.2. The summed E-state index contributed by atoms with van der Waals surface area (Å²) in [4.78, 5) is 0. The van der Waals surface area contributed by atoms with E-state index in [-0.39, 0.29) is 0 Å². The molecule has 3 saturated carbocycles. The molecule has 0 N–H and O–H groups in total. The molecule has 3 fully saturated rings. The molecule has 6 atom stereocenters. The van der Waals surface area contributed by atoms with Crippen LogP contribution in [-0.2, 0) is 0 Å². The van der Waals surface area contributed by atoms with Gasteiger partial charge in [-0.05, 0) is 60.7 Å². The molecule has 74 valence electrons. The fourth-order valence-corrected chi connectivity index (χ4v) is 4.38. The van der Waals surface area contributed by atoms with E-state index in [0.717, 1.165) is 41.4 Å². The van der Waals surface area contributed by atoms with E-state index in [1.54, 1.807) is 19.3 Å². The van der Waals surface area contributed by atoms with Crippen LogP contribution in [-0.4, -0.2) is 0 Å². The number of hydrogen-bond acceptors (Lipinski definition) is 0. The van der Waals surface area contributed by atoms with Gasteiger partial charge in [-0.3, -0.25) is 0 Å². The van der Waals surface area contributed by atoms with E-state index >= 15 is 0 Å². The smallest absolute Gasteiger partial charge is 0.0321 e. The summed E-state index contributed by atoms with van der Waals surface area (Å²) < 4.78 is 0. The first kappa shape index (κ1) is 8.32. The van der Waals surface area contributed by atoms with Crippen molar-refractivity contribution in [2.45, 2.75) is 40.0 Å². The maximum absolute atomic E-state index is 2.49. The topological polar surface area (TPSA) is 0 Å². The number of fused-ring (bicyclic) bond motifs is 2. The highest BCUT2D eigenvalue weighted by atomic mass is 14.6. The van der Waals surface area contributed by atoms with Gasteiger partial charge in [0.25, 0.3) is 0 Å². The van der Waals surface area contributed by atoms with Crippen molar-refractivity contribution in [1.82, 2.24) is 0 Å². The van der Waals surface area contributed by atoms with Crippen LogP contribution in [0.3, 0.4) is 0 Å². The third kappa shape index (κ3) is 1.10. The molecule has 3 rings (SSSR count). The third-order valence-electron chi connectivity index (χ3n) is 5.19. The summed E-state index contributed by atoms with van der Waals surface area (Å²) in [6.45, 7) is 7.40. The molecule has 0 aromatic heterocycles. The second kappa shape index (κ2) is 2.52. The second-order valence-corrected chi connectivity index (χ2v) is 6.16. The Kier molecular flexibility index (Phi) is 1.61. The fourth-order valence-electron chi connectivity index (χ4n) is 4.38. The Labute approximate surface area is 82.1 Å². The zero-order valence-corrected chi connectivity index (χ0v) is 9.16. The van der Waals surface area contributed by atoms with Crippen LogP contribution in [0.1, 0.15) is 40.0 Å². The summed E-state index contributed by atoms with van der Waals surface area (Å²) in [5, 5.41) is 0. The van der Waals surface area contributed by atoms with Gasteiger partial charge in [0, 0.05) is 0 Å². The molecule has 3 aliphatic rings. The molecule has 0 heteroatoms. The van der Waals surface area contributed by atoms with E-state index in [1.165, 1.54) is 0 Å². The van der Waals surface area contributed by atoms with Crippen molar-refractivity contribution >= 4 is 0 Å². The Morgan fingerprint density at radius 2 is 1.85 bits per heavy atom. The molecule has 0 saturated heterocycles. The van der Waals surface area contributed by atoms with Crippen molar-refractivity contribution in [3.63, 3.8) is 0 Å². The maximum Gasteiger partial charge on any atom is -0.0321 e. The quantitative estimate of drug-likeness (QED) is 0.576. The largest absolute Gasteiger partial charge is 0.0625 e. The maximum atomic E-state index is 2.49. The lowest BCUT2D eigenvalue weighted by atomic mass is 9.85. The molecule has 0 amide bonds. The first-order valence-electron chi connectivity index (χ1n) is 6.20. The van der Waals surface area contributed by atoms with Gasteiger partial charge >= 0.3 is 0 Å². The van der Waals surface area contributed by atoms with E-state index < -0.39 is 0 Å². The monoisotopic (exact) mass is 178 g/mol. The minimum atomic E-state index is 0.950. The molecule has 0 nitrogen and oxygen atoms in total. The Balaban J connectivity index is 1.81. The van der Waals surface area contributed by atoms with Gasteiger partial charge in [0.1, 0.15) is 0 Å². The minimum Gasteiger partial charge on any atom is -0.0625 e. The second-order valence-electron chi connectivity index (χ2n) is 6.16. The van der Waals surface area contributed by atoms with Crippen LogP contribution in [0.25, 0.3) is 0 Å². The van der Waals surface area contributed by atoms with E-state index in [4.69, 9.17) is 0 Å². The summed E-state index contributed by atoms with van der Waals surface area (Å²) in [6, 6.07) is 0. The first-order chi connectivity index (χ1) is 6.20. The summed E-state index contributed by atoms with van der Waals surface area (Å²) in [5.74, 6) is 7.72. The SMILES string of the molecule is CC(C)C1C2CC2CCC2C(C)C21. The molecule has 0 heterocycles. The van der Waals surface area contributed by atoms with Gasteiger partial charge in [-0.25, -0.2) is 0 Å². The van der Waals surface area contributed by atoms with Crippen LogP contribution in [0, 0.1) is 41.4 Å². The van der Waals surface area contributed by atoms with Gasteiger partial charge in [0.15, 0.2) is 0 Å². The van der Waals surface area contributed by atoms with Crippen LogP contribution in [0.15, 0.2) is 0 Å². The highest BCUT2D eigenvalue weighted by molar-refractivity contribution is 5.08. The molecule has 0 radical (unpaired) electrons. The van der Waals surface area contributed by atoms with Crippen molar-refractivity contribution in [2.24, 2.45) is 41.4 Å². The number of hydrogen-bond donors (Lipinski definition) is 0. The molecule has 6 unspecified atom stereocenters. The van der Waals surface area contributed by atoms with Gasteiger partial charge < -0.3 is 0 Å². The van der Waals surface area contributed by atoms with Crippen LogP contribution < -0.4 is 0 Å². The van der Waals surface area contributed by atoms with Crippen LogP contribution >= 0.6 is 0 Å². The third-order valence-corrected chi connectivity index (χ3v) is 5.19. The van der Waals surface area contributed by atoms with Crippen molar-refractivity contribution in [3.05, 3.63) is 0 Å². The van der Waals surface area contributed by atoms with Crippen LogP contribution in [0.2, 0.25) is 0 Å². The lowest BCUT2D eigenvalue weighted by molar-refractivity contribution is 0.275. The fraction of sp³-hybridized carbons (Fsp3) is 1.00. The van der Waals surface area contributed by atoms with E-state index in [0.29, 0.717) is 0 Å². The molecular formula is C13H22. The summed E-state index contributed by atoms with van der Waals surface area (Å²) in [5.41, 5.74) is 0. The van der Waals surface area contributed by atoms with Crippen molar-refractivity contribution in [1.29, 1.82) is 0 Å². The van der Waals surface area contributed by atoms with Crippen molar-refractivity contribution in [3.8, 4) is 0 Å². The summed E-state index contributed by atoms with van der Waals surface area (Å²) in [6.07, 6.45) is 4.72. The molecular weight excluding hydrogens is 156 g/mol. The standard InChI is InChI=1S/C13H22/c1-7(2)12-11-6-9(11)4-5-10-8(3)13(10)12/h7-13H,4-6H2,1-3H3. The zero-order chi connectivity index (χ0) is 9.16. The molecule has 0 aromatic carbocycles. The van der Waals surface area contributed by atoms with Gasteiger partial charge in [0.2, 0.25) is 0 Å². The molecule has 3 aliphatic carbocycles. The van der Waals surface area contributed by atoms with Crippen molar-refractivity contribution in [2.75, 3.05) is 0 Å². The predicted molar refractivity (Wildman–Crippen MR) is 55.3 cm³/mol. The molecule has 13 heavy (non-hydrogen) atoms. The van der Waals surface area contributed by atoms with Gasteiger partial charge in [-0.1, -0.05) is 20.8 Å². The molecule has 0 aromatic rings. The lowest BCUT2D eigenvalue weighted by Crippen LogP contribution is -2.15. The lowest BCUT2D eigenvalue weighted by Gasteiger charge is -2.20. The minimum absolute atomic E-state index is 0.950. The van der Waals surface area contributed by atoms with E-state index in [1.807, 2.05) is 0 Å². The van der Waals surface area contributed by atoms with Gasteiger partial charge in [-0.2, -0.15) is 0 Å². The summed E-state index contributed by atoms with van der Waals surface area (Å²) >= 11 is 0.